The van der Waals surface area contributed by atoms with Crippen LogP contribution in [0.15, 0.2) is 12.2 Å². The van der Waals surface area contributed by atoms with Crippen LogP contribution in [-0.4, -0.2) is 11.0 Å². The van der Waals surface area contributed by atoms with E-state index in [4.69, 9.17) is 0 Å². The molecule has 0 bridgehead atoms. The summed E-state index contributed by atoms with van der Waals surface area (Å²) < 4.78 is 0. The van der Waals surface area contributed by atoms with Crippen molar-refractivity contribution in [3.63, 3.8) is 0 Å². The van der Waals surface area contributed by atoms with Gasteiger partial charge in [0.25, 0.3) is 0 Å². The van der Waals surface area contributed by atoms with Crippen LogP contribution in [0.3, 0.4) is 0 Å². The van der Waals surface area contributed by atoms with Gasteiger partial charge in [-0.1, -0.05) is 6.58 Å². The zero-order valence-electron chi connectivity index (χ0n) is 11.8. The Kier molecular flexibility index (Phi) is 4.17. The SMILES string of the molecule is C=C(C)C(=O)NCc1c(C)c(C)c(O)c(C)c1C. The van der Waals surface area contributed by atoms with E-state index in [9.17, 15) is 9.90 Å². The van der Waals surface area contributed by atoms with Crippen molar-refractivity contribution in [1.82, 2.24) is 5.32 Å². The number of phenols is 1. The van der Waals surface area contributed by atoms with Gasteiger partial charge < -0.3 is 10.4 Å². The Labute approximate surface area is 109 Å². The first-order chi connectivity index (χ1) is 8.27. The quantitative estimate of drug-likeness (QED) is 0.807. The van der Waals surface area contributed by atoms with Gasteiger partial charge in [0.1, 0.15) is 5.75 Å². The molecule has 0 unspecified atom stereocenters. The molecule has 0 radical (unpaired) electrons. The first-order valence-corrected chi connectivity index (χ1v) is 5.99. The highest BCUT2D eigenvalue weighted by Crippen LogP contribution is 2.31. The summed E-state index contributed by atoms with van der Waals surface area (Å²) in [7, 11) is 0. The number of benzene rings is 1. The van der Waals surface area contributed by atoms with E-state index < -0.39 is 0 Å². The maximum atomic E-state index is 11.5. The lowest BCUT2D eigenvalue weighted by molar-refractivity contribution is -0.117. The van der Waals surface area contributed by atoms with Crippen LogP contribution in [0.5, 0.6) is 5.75 Å². The zero-order chi connectivity index (χ0) is 14.0. The molecule has 0 aliphatic rings. The van der Waals surface area contributed by atoms with Crippen molar-refractivity contribution in [2.75, 3.05) is 0 Å². The van der Waals surface area contributed by atoms with Gasteiger partial charge in [-0.15, -0.1) is 0 Å². The molecule has 0 atom stereocenters. The second-order valence-electron chi connectivity index (χ2n) is 4.79. The van der Waals surface area contributed by atoms with Crippen LogP contribution in [0.25, 0.3) is 0 Å². The van der Waals surface area contributed by atoms with E-state index in [1.165, 1.54) is 0 Å². The van der Waals surface area contributed by atoms with Crippen LogP contribution in [0.1, 0.15) is 34.7 Å². The third-order valence-corrected chi connectivity index (χ3v) is 3.55. The highest BCUT2D eigenvalue weighted by molar-refractivity contribution is 5.92. The van der Waals surface area contributed by atoms with E-state index >= 15 is 0 Å². The Morgan fingerprint density at radius 2 is 1.56 bits per heavy atom. The number of hydrogen-bond acceptors (Lipinski definition) is 2. The lowest BCUT2D eigenvalue weighted by Gasteiger charge is -2.17. The molecular formula is C15H21NO2. The molecule has 1 amide bonds. The number of rotatable bonds is 3. The average Bonchev–Trinajstić information content (AvgIpc) is 2.33. The standard InChI is InChI=1S/C15H21NO2/c1-8(2)15(18)16-7-13-9(3)11(5)14(17)12(6)10(13)4/h17H,1,7H2,2-6H3,(H,16,18). The Morgan fingerprint density at radius 3 is 1.94 bits per heavy atom. The normalized spacial score (nSPS) is 10.3. The number of phenolic OH excluding ortho intramolecular Hbond substituents is 1. The molecule has 0 spiro atoms. The van der Waals surface area contributed by atoms with Crippen molar-refractivity contribution < 1.29 is 9.90 Å². The summed E-state index contributed by atoms with van der Waals surface area (Å²) in [5, 5.41) is 12.8. The van der Waals surface area contributed by atoms with Gasteiger partial charge in [0.2, 0.25) is 5.91 Å². The van der Waals surface area contributed by atoms with E-state index in [-0.39, 0.29) is 5.91 Å². The van der Waals surface area contributed by atoms with E-state index in [0.29, 0.717) is 17.9 Å². The topological polar surface area (TPSA) is 49.3 Å². The number of hydrogen-bond donors (Lipinski definition) is 2. The minimum atomic E-state index is -0.141. The summed E-state index contributed by atoms with van der Waals surface area (Å²) in [5.41, 5.74) is 5.36. The third-order valence-electron chi connectivity index (χ3n) is 3.55. The fourth-order valence-electron chi connectivity index (χ4n) is 1.96. The monoisotopic (exact) mass is 247 g/mol. The van der Waals surface area contributed by atoms with Crippen LogP contribution < -0.4 is 5.32 Å². The third kappa shape index (κ3) is 2.55. The highest BCUT2D eigenvalue weighted by atomic mass is 16.3. The van der Waals surface area contributed by atoms with Crippen molar-refractivity contribution in [1.29, 1.82) is 0 Å². The summed E-state index contributed by atoms with van der Waals surface area (Å²) in [6.07, 6.45) is 0. The number of nitrogens with one attached hydrogen (secondary N) is 1. The minimum absolute atomic E-state index is 0.141. The summed E-state index contributed by atoms with van der Waals surface area (Å²) in [5.74, 6) is 0.206. The van der Waals surface area contributed by atoms with E-state index in [2.05, 4.69) is 11.9 Å². The van der Waals surface area contributed by atoms with Crippen LogP contribution in [0.2, 0.25) is 0 Å². The maximum Gasteiger partial charge on any atom is 0.246 e. The van der Waals surface area contributed by atoms with Gasteiger partial charge >= 0.3 is 0 Å². The molecule has 1 aromatic rings. The van der Waals surface area contributed by atoms with Gasteiger partial charge in [-0.05, 0) is 62.4 Å². The second kappa shape index (κ2) is 5.25. The van der Waals surface area contributed by atoms with Crippen molar-refractivity contribution in [3.8, 4) is 5.75 Å². The van der Waals surface area contributed by atoms with Crippen molar-refractivity contribution in [3.05, 3.63) is 40.0 Å². The average molecular weight is 247 g/mol. The molecule has 2 N–H and O–H groups in total. The summed E-state index contributed by atoms with van der Waals surface area (Å²) in [6.45, 7) is 13.5. The summed E-state index contributed by atoms with van der Waals surface area (Å²) in [6, 6.07) is 0. The number of carbonyl (C=O) groups is 1. The molecule has 1 rings (SSSR count). The lowest BCUT2D eigenvalue weighted by atomic mass is 9.93. The molecule has 3 heteroatoms. The molecule has 0 saturated heterocycles. The number of aromatic hydroxyl groups is 1. The molecule has 18 heavy (non-hydrogen) atoms. The van der Waals surface area contributed by atoms with E-state index in [1.54, 1.807) is 6.92 Å². The molecule has 0 heterocycles. The molecule has 0 aliphatic carbocycles. The van der Waals surface area contributed by atoms with Gasteiger partial charge in [0, 0.05) is 12.1 Å². The minimum Gasteiger partial charge on any atom is -0.507 e. The zero-order valence-corrected chi connectivity index (χ0v) is 11.8. The van der Waals surface area contributed by atoms with Crippen molar-refractivity contribution >= 4 is 5.91 Å². The van der Waals surface area contributed by atoms with Crippen LogP contribution >= 0.6 is 0 Å². The van der Waals surface area contributed by atoms with Gasteiger partial charge in [-0.2, -0.15) is 0 Å². The Balaban J connectivity index is 3.11. The van der Waals surface area contributed by atoms with E-state index in [0.717, 1.165) is 27.8 Å². The molecule has 0 fully saturated rings. The Morgan fingerprint density at radius 1 is 1.11 bits per heavy atom. The summed E-state index contributed by atoms with van der Waals surface area (Å²) >= 11 is 0. The molecule has 0 aliphatic heterocycles. The van der Waals surface area contributed by atoms with Crippen LogP contribution in [0, 0.1) is 27.7 Å². The molecule has 0 aromatic heterocycles. The highest BCUT2D eigenvalue weighted by Gasteiger charge is 2.14. The van der Waals surface area contributed by atoms with Crippen molar-refractivity contribution in [2.24, 2.45) is 0 Å². The molecule has 98 valence electrons. The van der Waals surface area contributed by atoms with Gasteiger partial charge in [-0.3, -0.25) is 4.79 Å². The van der Waals surface area contributed by atoms with Crippen molar-refractivity contribution in [2.45, 2.75) is 41.2 Å². The van der Waals surface area contributed by atoms with Crippen LogP contribution in [0.4, 0.5) is 0 Å². The Hall–Kier alpha value is -1.77. The predicted octanol–water partition coefficient (Wildman–Crippen LogP) is 2.82. The lowest BCUT2D eigenvalue weighted by Crippen LogP contribution is -2.24. The molecular weight excluding hydrogens is 226 g/mol. The largest absolute Gasteiger partial charge is 0.507 e. The first kappa shape index (κ1) is 14.3. The Bertz CT molecular complexity index is 487. The molecule has 0 saturated carbocycles. The van der Waals surface area contributed by atoms with Gasteiger partial charge in [0.15, 0.2) is 0 Å². The summed E-state index contributed by atoms with van der Waals surface area (Å²) in [4.78, 5) is 11.5. The molecule has 3 nitrogen and oxygen atoms in total. The van der Waals surface area contributed by atoms with Gasteiger partial charge in [-0.25, -0.2) is 0 Å². The maximum absolute atomic E-state index is 11.5. The first-order valence-electron chi connectivity index (χ1n) is 5.99. The van der Waals surface area contributed by atoms with E-state index in [1.807, 2.05) is 27.7 Å². The molecule has 1 aromatic carbocycles. The second-order valence-corrected chi connectivity index (χ2v) is 4.79. The number of amides is 1. The predicted molar refractivity (Wildman–Crippen MR) is 73.7 cm³/mol. The van der Waals surface area contributed by atoms with Crippen LogP contribution in [-0.2, 0) is 11.3 Å². The van der Waals surface area contributed by atoms with Gasteiger partial charge in [0.05, 0.1) is 0 Å². The fourth-order valence-corrected chi connectivity index (χ4v) is 1.96. The smallest absolute Gasteiger partial charge is 0.246 e. The fraction of sp³-hybridized carbons (Fsp3) is 0.400. The number of carbonyl (C=O) groups excluding carboxylic acids is 1.